The quantitative estimate of drug-likeness (QED) is 0.302. The lowest BCUT2D eigenvalue weighted by Crippen LogP contribution is -2.19. The lowest BCUT2D eigenvalue weighted by molar-refractivity contribution is 0.0695. The number of aromatic nitrogens is 1. The largest absolute Gasteiger partial charge is 0.504 e. The number of nitrogens with zero attached hydrogens (tertiary/aromatic N) is 1. The molecule has 0 aliphatic carbocycles. The number of rotatable bonds is 2. The molecule has 0 saturated carbocycles. The van der Waals surface area contributed by atoms with Gasteiger partial charge < -0.3 is 34.5 Å². The number of hydrogen-bond acceptors (Lipinski definition) is 8. The summed E-state index contributed by atoms with van der Waals surface area (Å²) in [6, 6.07) is 3.16. The number of phenolic OH excluding ortho intramolecular Hbond substituents is 3. The van der Waals surface area contributed by atoms with E-state index >= 15 is 0 Å². The molecule has 2 aromatic heterocycles. The van der Waals surface area contributed by atoms with Crippen LogP contribution in [0.1, 0.15) is 16.1 Å². The summed E-state index contributed by atoms with van der Waals surface area (Å²) in [7, 11) is 1.58. The number of aromatic carboxylic acids is 1. The molecule has 0 spiro atoms. The molecule has 0 saturated heterocycles. The minimum atomic E-state index is -1.67. The maximum absolute atomic E-state index is 13.2. The van der Waals surface area contributed by atoms with Crippen molar-refractivity contribution in [3.63, 3.8) is 0 Å². The molecule has 5 N–H and O–H groups in total. The number of benzene rings is 2. The van der Waals surface area contributed by atoms with E-state index in [2.05, 4.69) is 0 Å². The maximum Gasteiger partial charge on any atom is 0.340 e. The van der Waals surface area contributed by atoms with Crippen LogP contribution in [0.15, 0.2) is 38.5 Å². The molecular weight excluding hydrogens is 410 g/mol. The number of carboxylic acid groups (broad SMARTS) is 1. The number of aromatic hydroxyl groups is 4. The lowest BCUT2D eigenvalue weighted by atomic mass is 9.98. The van der Waals surface area contributed by atoms with Crippen LogP contribution in [0.4, 0.5) is 0 Å². The summed E-state index contributed by atoms with van der Waals surface area (Å²) in [6.07, 6.45) is 0.961. The molecule has 0 bridgehead atoms. The van der Waals surface area contributed by atoms with Crippen LogP contribution in [-0.2, 0) is 7.05 Å². The molecule has 4 rings (SSSR count). The fourth-order valence-electron chi connectivity index (χ4n) is 3.63. The monoisotopic (exact) mass is 425 g/mol. The van der Waals surface area contributed by atoms with Crippen molar-refractivity contribution in [3.05, 3.63) is 56.2 Å². The van der Waals surface area contributed by atoms with Crippen LogP contribution in [0, 0.1) is 6.92 Å². The predicted octanol–water partition coefficient (Wildman–Crippen LogP) is 2.14. The summed E-state index contributed by atoms with van der Waals surface area (Å²) in [5, 5.41) is 48.3. The highest BCUT2D eigenvalue weighted by atomic mass is 16.4. The molecule has 158 valence electrons. The number of carbonyl (C=O) groups is 1. The van der Waals surface area contributed by atoms with Crippen molar-refractivity contribution in [3.8, 4) is 34.1 Å². The van der Waals surface area contributed by atoms with Crippen molar-refractivity contribution in [2.45, 2.75) is 6.92 Å². The molecule has 2 aromatic carbocycles. The van der Waals surface area contributed by atoms with Gasteiger partial charge in [0.15, 0.2) is 28.4 Å². The van der Waals surface area contributed by atoms with E-state index in [-0.39, 0.29) is 22.1 Å². The number of hydrogen-bond donors (Lipinski definition) is 5. The van der Waals surface area contributed by atoms with Crippen molar-refractivity contribution in [2.75, 3.05) is 0 Å². The van der Waals surface area contributed by atoms with Crippen LogP contribution in [0.2, 0.25) is 0 Å². The van der Waals surface area contributed by atoms with Crippen molar-refractivity contribution in [1.29, 1.82) is 0 Å². The van der Waals surface area contributed by atoms with E-state index in [1.807, 2.05) is 0 Å². The molecule has 2 heterocycles. The number of pyridine rings is 1. The van der Waals surface area contributed by atoms with Gasteiger partial charge in [0, 0.05) is 24.9 Å². The highest BCUT2D eigenvalue weighted by Gasteiger charge is 2.26. The Morgan fingerprint density at radius 1 is 0.968 bits per heavy atom. The molecule has 31 heavy (non-hydrogen) atoms. The first-order chi connectivity index (χ1) is 14.5. The molecule has 0 unspecified atom stereocenters. The third-order valence-corrected chi connectivity index (χ3v) is 5.29. The summed E-state index contributed by atoms with van der Waals surface area (Å²) in [6.45, 7) is 1.54. The molecule has 0 amide bonds. The van der Waals surface area contributed by atoms with Gasteiger partial charge in [-0.15, -0.1) is 0 Å². The van der Waals surface area contributed by atoms with Crippen LogP contribution < -0.4 is 10.9 Å². The molecule has 0 fully saturated rings. The number of phenols is 4. The Morgan fingerprint density at radius 3 is 2.26 bits per heavy atom. The van der Waals surface area contributed by atoms with Gasteiger partial charge in [-0.25, -0.2) is 4.79 Å². The Labute approximate surface area is 172 Å². The second-order valence-corrected chi connectivity index (χ2v) is 6.98. The van der Waals surface area contributed by atoms with Crippen molar-refractivity contribution >= 4 is 27.8 Å². The SMILES string of the molecule is Cc1c(-c2coc3cc(O)c(O)c(C(=O)O)c3c2=O)c(=O)c2cc(O)c(O)cc2n1C. The van der Waals surface area contributed by atoms with E-state index in [1.54, 1.807) is 7.05 Å². The number of fused-ring (bicyclic) bond motifs is 2. The fraction of sp³-hybridized carbons (Fsp3) is 0.0952. The lowest BCUT2D eigenvalue weighted by Gasteiger charge is -2.15. The van der Waals surface area contributed by atoms with Crippen LogP contribution >= 0.6 is 0 Å². The normalized spacial score (nSPS) is 11.3. The van der Waals surface area contributed by atoms with Gasteiger partial charge in [0.1, 0.15) is 17.4 Å². The van der Waals surface area contributed by atoms with Gasteiger partial charge in [0.25, 0.3) is 0 Å². The number of aryl methyl sites for hydroxylation is 1. The van der Waals surface area contributed by atoms with E-state index in [0.717, 1.165) is 18.4 Å². The smallest absolute Gasteiger partial charge is 0.340 e. The molecular formula is C21H15NO9. The summed E-state index contributed by atoms with van der Waals surface area (Å²) < 4.78 is 6.85. The zero-order valence-corrected chi connectivity index (χ0v) is 16.1. The third-order valence-electron chi connectivity index (χ3n) is 5.29. The average molecular weight is 425 g/mol. The second-order valence-electron chi connectivity index (χ2n) is 6.98. The van der Waals surface area contributed by atoms with Gasteiger partial charge in [0.05, 0.1) is 27.4 Å². The summed E-state index contributed by atoms with van der Waals surface area (Å²) in [5.41, 5.74) is -2.51. The third kappa shape index (κ3) is 2.69. The van der Waals surface area contributed by atoms with Crippen LogP contribution in [0.5, 0.6) is 23.0 Å². The zero-order chi connectivity index (χ0) is 22.8. The summed E-state index contributed by atoms with van der Waals surface area (Å²) in [4.78, 5) is 38.1. The van der Waals surface area contributed by atoms with E-state index in [0.29, 0.717) is 11.2 Å². The summed E-state index contributed by atoms with van der Waals surface area (Å²) in [5.74, 6) is -4.42. The van der Waals surface area contributed by atoms with Gasteiger partial charge in [0.2, 0.25) is 5.43 Å². The fourth-order valence-corrected chi connectivity index (χ4v) is 3.63. The Balaban J connectivity index is 2.20. The molecule has 0 radical (unpaired) electrons. The molecule has 10 nitrogen and oxygen atoms in total. The predicted molar refractivity (Wildman–Crippen MR) is 109 cm³/mol. The maximum atomic E-state index is 13.2. The Morgan fingerprint density at radius 2 is 1.61 bits per heavy atom. The minimum Gasteiger partial charge on any atom is -0.504 e. The molecule has 0 aliphatic heterocycles. The van der Waals surface area contributed by atoms with Gasteiger partial charge >= 0.3 is 5.97 Å². The average Bonchev–Trinajstić information content (AvgIpc) is 2.70. The first-order valence-electron chi connectivity index (χ1n) is 8.84. The van der Waals surface area contributed by atoms with E-state index < -0.39 is 50.8 Å². The van der Waals surface area contributed by atoms with Crippen molar-refractivity contribution in [1.82, 2.24) is 4.57 Å². The highest BCUT2D eigenvalue weighted by Crippen LogP contribution is 2.36. The van der Waals surface area contributed by atoms with Crippen molar-refractivity contribution < 1.29 is 34.7 Å². The molecule has 10 heteroatoms. The highest BCUT2D eigenvalue weighted by molar-refractivity contribution is 6.06. The van der Waals surface area contributed by atoms with Gasteiger partial charge in [-0.05, 0) is 13.0 Å². The standard InChI is InChI=1S/C21H15NO9/c1-7-15(18(26)8-3-11(23)12(24)4-10(8)22(7)2)9-6-31-14-5-13(25)20(28)17(21(29)30)16(14)19(9)27/h3-6,23-25,28H,1-2H3,(H,29,30). The first kappa shape index (κ1) is 19.8. The Bertz CT molecular complexity index is 1560. The van der Waals surface area contributed by atoms with Gasteiger partial charge in [-0.3, -0.25) is 9.59 Å². The van der Waals surface area contributed by atoms with Crippen LogP contribution in [-0.4, -0.2) is 36.1 Å². The van der Waals surface area contributed by atoms with E-state index in [9.17, 15) is 39.9 Å². The van der Waals surface area contributed by atoms with E-state index in [4.69, 9.17) is 4.42 Å². The first-order valence-corrected chi connectivity index (χ1v) is 8.84. The Kier molecular flexibility index (Phi) is 4.17. The topological polar surface area (TPSA) is 170 Å². The van der Waals surface area contributed by atoms with E-state index in [1.165, 1.54) is 17.6 Å². The molecule has 0 atom stereocenters. The minimum absolute atomic E-state index is 0.00454. The Hall–Kier alpha value is -4.47. The number of carboxylic acids is 1. The van der Waals surface area contributed by atoms with Crippen LogP contribution in [0.25, 0.3) is 33.0 Å². The van der Waals surface area contributed by atoms with Crippen molar-refractivity contribution in [2.24, 2.45) is 7.05 Å². The van der Waals surface area contributed by atoms with Crippen LogP contribution in [0.3, 0.4) is 0 Å². The zero-order valence-electron chi connectivity index (χ0n) is 16.1. The van der Waals surface area contributed by atoms with Gasteiger partial charge in [-0.2, -0.15) is 0 Å². The molecule has 0 aliphatic rings. The molecule has 4 aromatic rings. The second kappa shape index (κ2) is 6.52. The summed E-state index contributed by atoms with van der Waals surface area (Å²) >= 11 is 0. The van der Waals surface area contributed by atoms with Gasteiger partial charge in [-0.1, -0.05) is 0 Å².